The van der Waals surface area contributed by atoms with Gasteiger partial charge in [-0.25, -0.2) is 0 Å². The molecule has 30 heavy (non-hydrogen) atoms. The highest BCUT2D eigenvalue weighted by Crippen LogP contribution is 2.28. The number of para-hydroxylation sites is 1. The summed E-state index contributed by atoms with van der Waals surface area (Å²) < 4.78 is 2.42. The number of amides is 2. The first kappa shape index (κ1) is 20.3. The molecule has 0 spiro atoms. The normalized spacial score (nSPS) is 13.6. The van der Waals surface area contributed by atoms with E-state index in [1.54, 1.807) is 22.6 Å². The van der Waals surface area contributed by atoms with Gasteiger partial charge in [-0.05, 0) is 24.1 Å². The quantitative estimate of drug-likeness (QED) is 0.447. The maximum atomic E-state index is 12.5. The van der Waals surface area contributed by atoms with E-state index in [4.69, 9.17) is 0 Å². The molecule has 0 fully saturated rings. The molecule has 0 N–H and O–H groups in total. The van der Waals surface area contributed by atoms with Gasteiger partial charge in [-0.3, -0.25) is 19.7 Å². The summed E-state index contributed by atoms with van der Waals surface area (Å²) in [6.45, 7) is 0.667. The van der Waals surface area contributed by atoms with Gasteiger partial charge in [-0.2, -0.15) is 4.99 Å². The van der Waals surface area contributed by atoms with E-state index < -0.39 is 4.92 Å². The first-order valence-electron chi connectivity index (χ1n) is 9.21. The highest BCUT2D eigenvalue weighted by molar-refractivity contribution is 8.00. The zero-order chi connectivity index (χ0) is 21.3. The Labute approximate surface area is 180 Å². The molecule has 2 amide bonds. The van der Waals surface area contributed by atoms with Crippen molar-refractivity contribution >= 4 is 56.5 Å². The second kappa shape index (κ2) is 8.41. The van der Waals surface area contributed by atoms with Crippen LogP contribution in [0.4, 0.5) is 11.4 Å². The van der Waals surface area contributed by atoms with Crippen LogP contribution in [0.1, 0.15) is 5.56 Å². The number of nitro groups is 1. The molecule has 2 heterocycles. The van der Waals surface area contributed by atoms with Crippen molar-refractivity contribution < 1.29 is 14.5 Å². The number of carbonyl (C=O) groups is 2. The van der Waals surface area contributed by atoms with Crippen LogP contribution < -0.4 is 9.70 Å². The van der Waals surface area contributed by atoms with Crippen molar-refractivity contribution in [1.29, 1.82) is 0 Å². The lowest BCUT2D eigenvalue weighted by Crippen LogP contribution is -2.30. The Balaban J connectivity index is 1.40. The van der Waals surface area contributed by atoms with Crippen LogP contribution in [-0.2, 0) is 23.1 Å². The van der Waals surface area contributed by atoms with Crippen molar-refractivity contribution in [2.75, 3.05) is 23.0 Å². The highest BCUT2D eigenvalue weighted by atomic mass is 32.2. The topological polar surface area (TPSA) is 97.8 Å². The zero-order valence-corrected chi connectivity index (χ0v) is 17.7. The lowest BCUT2D eigenvalue weighted by Gasteiger charge is -2.16. The summed E-state index contributed by atoms with van der Waals surface area (Å²) in [5.74, 6) is -0.0561. The summed E-state index contributed by atoms with van der Waals surface area (Å²) in [6, 6.07) is 12.4. The Kier molecular flexibility index (Phi) is 5.69. The number of benzene rings is 2. The van der Waals surface area contributed by atoms with Crippen LogP contribution >= 0.6 is 23.1 Å². The monoisotopic (exact) mass is 442 g/mol. The van der Waals surface area contributed by atoms with Gasteiger partial charge in [0.1, 0.15) is 0 Å². The number of nitrogens with zero attached hydrogens (tertiary/aromatic N) is 4. The largest absolute Gasteiger partial charge is 0.319 e. The van der Waals surface area contributed by atoms with E-state index in [2.05, 4.69) is 4.99 Å². The third-order valence-corrected chi connectivity index (χ3v) is 6.86. The maximum absolute atomic E-state index is 12.5. The van der Waals surface area contributed by atoms with Gasteiger partial charge >= 0.3 is 0 Å². The van der Waals surface area contributed by atoms with E-state index in [1.807, 2.05) is 24.3 Å². The third-order valence-electron chi connectivity index (χ3n) is 4.86. The number of hydrogen-bond donors (Lipinski definition) is 0. The average molecular weight is 443 g/mol. The van der Waals surface area contributed by atoms with Gasteiger partial charge in [0.05, 0.1) is 26.6 Å². The smallest absolute Gasteiger partial charge is 0.270 e. The van der Waals surface area contributed by atoms with E-state index in [0.29, 0.717) is 16.0 Å². The lowest BCUT2D eigenvalue weighted by molar-refractivity contribution is -0.384. The van der Waals surface area contributed by atoms with Gasteiger partial charge in [-0.1, -0.05) is 29.5 Å². The molecule has 1 aromatic heterocycles. The van der Waals surface area contributed by atoms with Crippen molar-refractivity contribution in [3.8, 4) is 0 Å². The van der Waals surface area contributed by atoms with Gasteiger partial charge < -0.3 is 9.47 Å². The Bertz CT molecular complexity index is 1230. The summed E-state index contributed by atoms with van der Waals surface area (Å²) >= 11 is 2.46. The molecule has 0 saturated carbocycles. The van der Waals surface area contributed by atoms with Crippen molar-refractivity contribution in [2.24, 2.45) is 12.0 Å². The molecular formula is C20H18N4O4S2. The van der Waals surface area contributed by atoms with Crippen LogP contribution in [-0.4, -0.2) is 39.4 Å². The number of thioether (sulfide) groups is 1. The number of aryl methyl sites for hydroxylation is 1. The molecule has 1 aliphatic rings. The molecule has 1 aliphatic heterocycles. The zero-order valence-electron chi connectivity index (χ0n) is 16.1. The van der Waals surface area contributed by atoms with Crippen LogP contribution in [0.3, 0.4) is 0 Å². The number of hydrogen-bond acceptors (Lipinski definition) is 6. The number of rotatable bonds is 5. The van der Waals surface area contributed by atoms with Crippen molar-refractivity contribution in [3.63, 3.8) is 0 Å². The first-order chi connectivity index (χ1) is 14.4. The third kappa shape index (κ3) is 4.01. The summed E-state index contributed by atoms with van der Waals surface area (Å²) in [6.07, 6.45) is 0.849. The standard InChI is InChI=1S/C20H18N4O4S2/c1-22-16-7-6-14(24(27)28)10-17(16)30-20(22)21-18(25)11-29-12-19(26)23-9-8-13-4-2-3-5-15(13)23/h2-7,10H,8-9,11-12H2,1H3. The minimum atomic E-state index is -0.451. The number of aromatic nitrogens is 1. The molecule has 8 nitrogen and oxygen atoms in total. The van der Waals surface area contributed by atoms with E-state index in [1.165, 1.54) is 40.8 Å². The number of carbonyl (C=O) groups excluding carboxylic acids is 2. The Morgan fingerprint density at radius 2 is 2.03 bits per heavy atom. The number of anilines is 1. The molecule has 0 aliphatic carbocycles. The fourth-order valence-electron chi connectivity index (χ4n) is 3.38. The lowest BCUT2D eigenvalue weighted by atomic mass is 10.2. The Morgan fingerprint density at radius 1 is 1.23 bits per heavy atom. The molecule has 2 aromatic carbocycles. The van der Waals surface area contributed by atoms with E-state index >= 15 is 0 Å². The molecule has 0 unspecified atom stereocenters. The van der Waals surface area contributed by atoms with Gasteiger partial charge in [-0.15, -0.1) is 11.8 Å². The van der Waals surface area contributed by atoms with Crippen LogP contribution in [0, 0.1) is 10.1 Å². The van der Waals surface area contributed by atoms with Gasteiger partial charge in [0.15, 0.2) is 4.80 Å². The SMILES string of the molecule is Cn1c(=NC(=O)CSCC(=O)N2CCc3ccccc32)sc2cc([N+](=O)[O-])ccc21. The fraction of sp³-hybridized carbons (Fsp3) is 0.250. The fourth-order valence-corrected chi connectivity index (χ4v) is 5.12. The van der Waals surface area contributed by atoms with Gasteiger partial charge in [0.25, 0.3) is 11.6 Å². The molecule has 0 radical (unpaired) electrons. The van der Waals surface area contributed by atoms with Crippen LogP contribution in [0.25, 0.3) is 10.2 Å². The predicted molar refractivity (Wildman–Crippen MR) is 118 cm³/mol. The molecule has 4 rings (SSSR count). The molecular weight excluding hydrogens is 424 g/mol. The van der Waals surface area contributed by atoms with Crippen molar-refractivity contribution in [2.45, 2.75) is 6.42 Å². The van der Waals surface area contributed by atoms with E-state index in [0.717, 1.165) is 17.6 Å². The minimum absolute atomic E-state index is 0.000203. The summed E-state index contributed by atoms with van der Waals surface area (Å²) in [4.78, 5) is 41.7. The van der Waals surface area contributed by atoms with Gasteiger partial charge in [0, 0.05) is 31.4 Å². The number of non-ortho nitro benzene ring substituents is 1. The second-order valence-electron chi connectivity index (χ2n) is 6.78. The van der Waals surface area contributed by atoms with Gasteiger partial charge in [0.2, 0.25) is 5.91 Å². The first-order valence-corrected chi connectivity index (χ1v) is 11.2. The van der Waals surface area contributed by atoms with Crippen LogP contribution in [0.15, 0.2) is 47.5 Å². The second-order valence-corrected chi connectivity index (χ2v) is 8.77. The number of nitro benzene ring substituents is 1. The molecule has 0 saturated heterocycles. The highest BCUT2D eigenvalue weighted by Gasteiger charge is 2.23. The predicted octanol–water partition coefficient (Wildman–Crippen LogP) is 2.90. The molecule has 3 aromatic rings. The maximum Gasteiger partial charge on any atom is 0.270 e. The van der Waals surface area contributed by atoms with E-state index in [9.17, 15) is 19.7 Å². The van der Waals surface area contributed by atoms with Crippen LogP contribution in [0.5, 0.6) is 0 Å². The summed E-state index contributed by atoms with van der Waals surface area (Å²) in [7, 11) is 1.76. The van der Waals surface area contributed by atoms with E-state index in [-0.39, 0.29) is 29.0 Å². The summed E-state index contributed by atoms with van der Waals surface area (Å²) in [5.41, 5.74) is 2.89. The molecule has 10 heteroatoms. The minimum Gasteiger partial charge on any atom is -0.319 e. The summed E-state index contributed by atoms with van der Waals surface area (Å²) in [5, 5.41) is 10.9. The Morgan fingerprint density at radius 3 is 2.83 bits per heavy atom. The Hall–Kier alpha value is -2.98. The molecule has 154 valence electrons. The molecule has 0 bridgehead atoms. The number of thiazole rings is 1. The average Bonchev–Trinajstić information content (AvgIpc) is 3.29. The van der Waals surface area contributed by atoms with Crippen molar-refractivity contribution in [3.05, 3.63) is 62.9 Å². The van der Waals surface area contributed by atoms with Crippen LogP contribution in [0.2, 0.25) is 0 Å². The van der Waals surface area contributed by atoms with Crippen molar-refractivity contribution in [1.82, 2.24) is 4.57 Å². The molecule has 0 atom stereocenters. The number of fused-ring (bicyclic) bond motifs is 2.